The van der Waals surface area contributed by atoms with Crippen molar-refractivity contribution >= 4 is 11.9 Å². The van der Waals surface area contributed by atoms with Crippen molar-refractivity contribution in [3.63, 3.8) is 0 Å². The molecule has 126 valence electrons. The zero-order valence-electron chi connectivity index (χ0n) is 13.2. The van der Waals surface area contributed by atoms with Crippen LogP contribution in [0.5, 0.6) is 5.75 Å². The van der Waals surface area contributed by atoms with Crippen LogP contribution in [0.1, 0.15) is 26.3 Å². The Kier molecular flexibility index (Phi) is 5.92. The molecule has 2 aromatic rings. The minimum atomic E-state index is -1.18. The zero-order valence-corrected chi connectivity index (χ0v) is 13.2. The maximum Gasteiger partial charge on any atom is 0.336 e. The lowest BCUT2D eigenvalue weighted by Gasteiger charge is -2.14. The van der Waals surface area contributed by atoms with Crippen LogP contribution in [-0.4, -0.2) is 41.3 Å². The number of nitrogens with one attached hydrogen (secondary N) is 1. The number of carboxylic acid groups (broad SMARTS) is 1. The Morgan fingerprint density at radius 2 is 1.83 bits per heavy atom. The van der Waals surface area contributed by atoms with E-state index < -0.39 is 18.0 Å². The second-order valence-electron chi connectivity index (χ2n) is 5.34. The number of rotatable bonds is 7. The van der Waals surface area contributed by atoms with Crippen LogP contribution < -0.4 is 10.1 Å². The van der Waals surface area contributed by atoms with E-state index in [1.807, 2.05) is 25.1 Å². The molecule has 0 saturated carbocycles. The Bertz CT molecular complexity index is 729. The topological polar surface area (TPSA) is 95.9 Å². The lowest BCUT2D eigenvalue weighted by atomic mass is 10.1. The molecule has 0 aliphatic rings. The van der Waals surface area contributed by atoms with Gasteiger partial charge in [-0.2, -0.15) is 0 Å². The summed E-state index contributed by atoms with van der Waals surface area (Å²) in [4.78, 5) is 23.2. The first kappa shape index (κ1) is 17.5. The molecule has 0 radical (unpaired) electrons. The van der Waals surface area contributed by atoms with E-state index in [2.05, 4.69) is 5.32 Å². The number of ether oxygens (including phenoxy) is 1. The standard InChI is InChI=1S/C18H19NO5/c1-12-5-4-6-14(9-12)24-11-13(20)10-19-17(21)15-7-2-3-8-16(15)18(22)23/h2-9,13,20H,10-11H2,1H3,(H,19,21)(H,22,23)/t13-/m1/s1. The van der Waals surface area contributed by atoms with Gasteiger partial charge in [0, 0.05) is 6.54 Å². The number of amides is 1. The second-order valence-corrected chi connectivity index (χ2v) is 5.34. The number of aliphatic hydroxyl groups is 1. The largest absolute Gasteiger partial charge is 0.491 e. The third-order valence-corrected chi connectivity index (χ3v) is 3.33. The first-order chi connectivity index (χ1) is 11.5. The number of aliphatic hydroxyl groups excluding tert-OH is 1. The molecule has 6 nitrogen and oxygen atoms in total. The molecule has 1 atom stereocenters. The first-order valence-electron chi connectivity index (χ1n) is 7.45. The molecule has 6 heteroatoms. The highest BCUT2D eigenvalue weighted by atomic mass is 16.5. The molecule has 0 bridgehead atoms. The quantitative estimate of drug-likeness (QED) is 0.720. The van der Waals surface area contributed by atoms with Crippen molar-refractivity contribution in [2.24, 2.45) is 0 Å². The van der Waals surface area contributed by atoms with Crippen LogP contribution >= 0.6 is 0 Å². The van der Waals surface area contributed by atoms with Gasteiger partial charge in [0.1, 0.15) is 18.5 Å². The highest BCUT2D eigenvalue weighted by Gasteiger charge is 2.16. The molecule has 1 amide bonds. The highest BCUT2D eigenvalue weighted by Crippen LogP contribution is 2.12. The van der Waals surface area contributed by atoms with Gasteiger partial charge in [0.25, 0.3) is 5.91 Å². The van der Waals surface area contributed by atoms with Gasteiger partial charge < -0.3 is 20.3 Å². The lowest BCUT2D eigenvalue weighted by Crippen LogP contribution is -2.35. The third kappa shape index (κ3) is 4.82. The number of benzene rings is 2. The summed E-state index contributed by atoms with van der Waals surface area (Å²) in [6, 6.07) is 13.3. The number of carboxylic acids is 1. The summed E-state index contributed by atoms with van der Waals surface area (Å²) in [6.07, 6.45) is -0.911. The molecule has 2 aromatic carbocycles. The number of aromatic carboxylic acids is 1. The fourth-order valence-electron chi connectivity index (χ4n) is 2.13. The zero-order chi connectivity index (χ0) is 17.5. The normalized spacial score (nSPS) is 11.6. The lowest BCUT2D eigenvalue weighted by molar-refractivity contribution is 0.0689. The molecule has 2 rings (SSSR count). The number of hydrogen-bond acceptors (Lipinski definition) is 4. The predicted octanol–water partition coefficient (Wildman–Crippen LogP) is 1.86. The van der Waals surface area contributed by atoms with Crippen molar-refractivity contribution in [3.05, 3.63) is 65.2 Å². The van der Waals surface area contributed by atoms with Crippen molar-refractivity contribution in [1.29, 1.82) is 0 Å². The molecule has 0 aliphatic carbocycles. The van der Waals surface area contributed by atoms with E-state index in [0.717, 1.165) is 5.56 Å². The van der Waals surface area contributed by atoms with Crippen LogP contribution in [0.4, 0.5) is 0 Å². The van der Waals surface area contributed by atoms with Crippen molar-refractivity contribution < 1.29 is 24.5 Å². The Balaban J connectivity index is 1.86. The molecule has 0 heterocycles. The van der Waals surface area contributed by atoms with Crippen LogP contribution in [0.15, 0.2) is 48.5 Å². The SMILES string of the molecule is Cc1cccc(OC[C@H](O)CNC(=O)c2ccccc2C(=O)O)c1. The van der Waals surface area contributed by atoms with Crippen LogP contribution in [0.2, 0.25) is 0 Å². The van der Waals surface area contributed by atoms with E-state index in [-0.39, 0.29) is 24.3 Å². The predicted molar refractivity (Wildman–Crippen MR) is 88.4 cm³/mol. The Hall–Kier alpha value is -2.86. The van der Waals surface area contributed by atoms with Crippen molar-refractivity contribution in [3.8, 4) is 5.75 Å². The van der Waals surface area contributed by atoms with Gasteiger partial charge in [0.2, 0.25) is 0 Å². The maximum absolute atomic E-state index is 12.1. The Labute approximate surface area is 139 Å². The number of hydrogen-bond donors (Lipinski definition) is 3. The maximum atomic E-state index is 12.1. The van der Waals surface area contributed by atoms with Crippen LogP contribution in [0.3, 0.4) is 0 Å². The summed E-state index contributed by atoms with van der Waals surface area (Å²) >= 11 is 0. The van der Waals surface area contributed by atoms with E-state index >= 15 is 0 Å². The van der Waals surface area contributed by atoms with Gasteiger partial charge in [0.15, 0.2) is 0 Å². The van der Waals surface area contributed by atoms with E-state index in [9.17, 15) is 14.7 Å². The molecule has 0 spiro atoms. The number of aryl methyl sites for hydroxylation is 1. The second kappa shape index (κ2) is 8.12. The van der Waals surface area contributed by atoms with Gasteiger partial charge in [-0.1, -0.05) is 24.3 Å². The molecular weight excluding hydrogens is 310 g/mol. The average Bonchev–Trinajstić information content (AvgIpc) is 2.58. The molecular formula is C18H19NO5. The van der Waals surface area contributed by atoms with Crippen molar-refractivity contribution in [2.75, 3.05) is 13.2 Å². The van der Waals surface area contributed by atoms with E-state index in [1.165, 1.54) is 12.1 Å². The first-order valence-corrected chi connectivity index (χ1v) is 7.45. The summed E-state index contributed by atoms with van der Waals surface area (Å²) in [7, 11) is 0. The van der Waals surface area contributed by atoms with E-state index in [1.54, 1.807) is 18.2 Å². The molecule has 0 saturated heterocycles. The van der Waals surface area contributed by atoms with Gasteiger partial charge in [0.05, 0.1) is 11.1 Å². The summed E-state index contributed by atoms with van der Waals surface area (Å²) in [5.41, 5.74) is 1.01. The van der Waals surface area contributed by atoms with E-state index in [0.29, 0.717) is 5.75 Å². The average molecular weight is 329 g/mol. The molecule has 3 N–H and O–H groups in total. The number of carbonyl (C=O) groups is 2. The molecule has 0 fully saturated rings. The minimum Gasteiger partial charge on any atom is -0.491 e. The van der Waals surface area contributed by atoms with Crippen molar-refractivity contribution in [2.45, 2.75) is 13.0 Å². The fraction of sp³-hybridized carbons (Fsp3) is 0.222. The Morgan fingerprint density at radius 3 is 2.50 bits per heavy atom. The van der Waals surface area contributed by atoms with Gasteiger partial charge in [-0.3, -0.25) is 4.79 Å². The highest BCUT2D eigenvalue weighted by molar-refractivity contribution is 6.04. The summed E-state index contributed by atoms with van der Waals surface area (Å²) in [5.74, 6) is -1.09. The van der Waals surface area contributed by atoms with E-state index in [4.69, 9.17) is 9.84 Å². The summed E-state index contributed by atoms with van der Waals surface area (Å²) in [6.45, 7) is 1.91. The fourth-order valence-corrected chi connectivity index (χ4v) is 2.13. The molecule has 24 heavy (non-hydrogen) atoms. The van der Waals surface area contributed by atoms with Gasteiger partial charge in [-0.25, -0.2) is 4.79 Å². The molecule has 0 aliphatic heterocycles. The summed E-state index contributed by atoms with van der Waals surface area (Å²) in [5, 5.41) is 21.5. The van der Waals surface area contributed by atoms with Gasteiger partial charge >= 0.3 is 5.97 Å². The van der Waals surface area contributed by atoms with Crippen LogP contribution in [0, 0.1) is 6.92 Å². The van der Waals surface area contributed by atoms with Gasteiger partial charge in [-0.15, -0.1) is 0 Å². The Morgan fingerprint density at radius 1 is 1.12 bits per heavy atom. The third-order valence-electron chi connectivity index (χ3n) is 3.33. The minimum absolute atomic E-state index is 0.0182. The summed E-state index contributed by atoms with van der Waals surface area (Å²) < 4.78 is 5.45. The van der Waals surface area contributed by atoms with Crippen molar-refractivity contribution in [1.82, 2.24) is 5.32 Å². The van der Waals surface area contributed by atoms with Crippen LogP contribution in [0.25, 0.3) is 0 Å². The monoisotopic (exact) mass is 329 g/mol. The molecule has 0 unspecified atom stereocenters. The van der Waals surface area contributed by atoms with Gasteiger partial charge in [-0.05, 0) is 36.8 Å². The van der Waals surface area contributed by atoms with Crippen LogP contribution in [-0.2, 0) is 0 Å². The number of carbonyl (C=O) groups excluding carboxylic acids is 1. The molecule has 0 aromatic heterocycles. The smallest absolute Gasteiger partial charge is 0.336 e.